The van der Waals surface area contributed by atoms with Gasteiger partial charge in [-0.3, -0.25) is 4.79 Å². The highest BCUT2D eigenvalue weighted by atomic mass is 35.5. The summed E-state index contributed by atoms with van der Waals surface area (Å²) in [5.41, 5.74) is 1.52. The van der Waals surface area contributed by atoms with Gasteiger partial charge >= 0.3 is 0 Å². The van der Waals surface area contributed by atoms with Crippen molar-refractivity contribution in [3.63, 3.8) is 0 Å². The zero-order valence-corrected chi connectivity index (χ0v) is 15.3. The summed E-state index contributed by atoms with van der Waals surface area (Å²) in [6.45, 7) is 1.92. The van der Waals surface area contributed by atoms with E-state index in [0.29, 0.717) is 0 Å². The quantitative estimate of drug-likeness (QED) is 0.552. The molecule has 4 aromatic rings. The molecule has 0 fully saturated rings. The Hall–Kier alpha value is -3.18. The molecule has 27 heavy (non-hydrogen) atoms. The molecule has 2 aromatic carbocycles. The molecule has 1 amide bonds. The number of anilines is 1. The number of carbonyl (C=O) groups excluding carboxylic acids is 1. The van der Waals surface area contributed by atoms with Crippen molar-refractivity contribution >= 4 is 34.1 Å². The summed E-state index contributed by atoms with van der Waals surface area (Å²) in [6.07, 6.45) is 3.41. The van der Waals surface area contributed by atoms with E-state index in [1.807, 2.05) is 36.7 Å². The molecule has 0 saturated carbocycles. The van der Waals surface area contributed by atoms with Crippen LogP contribution in [0.4, 0.5) is 5.82 Å². The Morgan fingerprint density at radius 1 is 1.11 bits per heavy atom. The van der Waals surface area contributed by atoms with E-state index >= 15 is 0 Å². The standard InChI is InChI=1S/C21H17ClN4O/c1-13-23-12-19(26(13)2)15-3-4-16-11-24-20(10-17(16)9-15)25-21(27)14-5-7-18(22)8-6-14/h3-12H,1-2H3,(H,24,25,27)/i5D,6D,7D,8D. The van der Waals surface area contributed by atoms with Crippen molar-refractivity contribution in [1.29, 1.82) is 0 Å². The largest absolute Gasteiger partial charge is 0.331 e. The molecule has 2 heterocycles. The maximum Gasteiger partial charge on any atom is 0.256 e. The summed E-state index contributed by atoms with van der Waals surface area (Å²) < 4.78 is 33.5. The molecular weight excluding hydrogens is 360 g/mol. The predicted octanol–water partition coefficient (Wildman–Crippen LogP) is 4.85. The van der Waals surface area contributed by atoms with Crippen LogP contribution in [-0.4, -0.2) is 20.4 Å². The van der Waals surface area contributed by atoms with E-state index in [1.165, 1.54) is 0 Å². The molecule has 4 rings (SSSR count). The van der Waals surface area contributed by atoms with Gasteiger partial charge in [0.15, 0.2) is 0 Å². The summed E-state index contributed by atoms with van der Waals surface area (Å²) >= 11 is 5.80. The second-order valence-corrected chi connectivity index (χ2v) is 6.40. The number of aromatic nitrogens is 3. The van der Waals surface area contributed by atoms with Crippen molar-refractivity contribution in [1.82, 2.24) is 14.5 Å². The number of hydrogen-bond acceptors (Lipinski definition) is 3. The van der Waals surface area contributed by atoms with Crippen LogP contribution in [0.15, 0.2) is 60.8 Å². The minimum Gasteiger partial charge on any atom is -0.331 e. The molecule has 5 nitrogen and oxygen atoms in total. The van der Waals surface area contributed by atoms with E-state index in [0.717, 1.165) is 27.9 Å². The number of fused-ring (bicyclic) bond motifs is 1. The summed E-state index contributed by atoms with van der Waals surface area (Å²) in [5.74, 6) is 0.322. The number of aryl methyl sites for hydroxylation is 1. The number of pyridine rings is 1. The number of hydrogen-bond donors (Lipinski definition) is 1. The summed E-state index contributed by atoms with van der Waals surface area (Å²) in [6, 6.07) is 5.61. The van der Waals surface area contributed by atoms with Crippen molar-refractivity contribution in [3.8, 4) is 11.3 Å². The predicted molar refractivity (Wildman–Crippen MR) is 108 cm³/mol. The van der Waals surface area contributed by atoms with Crippen LogP contribution in [0.1, 0.15) is 21.7 Å². The molecule has 0 unspecified atom stereocenters. The Morgan fingerprint density at radius 3 is 2.59 bits per heavy atom. The van der Waals surface area contributed by atoms with E-state index in [4.69, 9.17) is 17.1 Å². The maximum absolute atomic E-state index is 12.7. The molecule has 0 saturated heterocycles. The van der Waals surface area contributed by atoms with Crippen LogP contribution >= 0.6 is 11.6 Å². The summed E-state index contributed by atoms with van der Waals surface area (Å²) in [5, 5.41) is 3.94. The van der Waals surface area contributed by atoms with E-state index in [2.05, 4.69) is 15.3 Å². The third-order valence-corrected chi connectivity index (χ3v) is 4.49. The fourth-order valence-corrected chi connectivity index (χ4v) is 2.82. The van der Waals surface area contributed by atoms with Gasteiger partial charge in [-0.1, -0.05) is 23.7 Å². The number of imidazole rings is 1. The van der Waals surface area contributed by atoms with Crippen LogP contribution in [-0.2, 0) is 7.05 Å². The van der Waals surface area contributed by atoms with Gasteiger partial charge in [0, 0.05) is 34.8 Å². The average Bonchev–Trinajstić information content (AvgIpc) is 3.09. The monoisotopic (exact) mass is 380 g/mol. The first-order chi connectivity index (χ1) is 14.7. The number of benzene rings is 2. The fraction of sp³-hybridized carbons (Fsp3) is 0.0952. The number of carbonyl (C=O) groups is 1. The third-order valence-electron chi connectivity index (χ3n) is 4.30. The van der Waals surface area contributed by atoms with Gasteiger partial charge in [0.25, 0.3) is 5.91 Å². The molecule has 0 atom stereocenters. The number of amides is 1. The molecule has 0 aliphatic heterocycles. The van der Waals surface area contributed by atoms with Gasteiger partial charge in [-0.05, 0) is 48.6 Å². The van der Waals surface area contributed by atoms with Gasteiger partial charge in [-0.25, -0.2) is 9.97 Å². The van der Waals surface area contributed by atoms with Crippen molar-refractivity contribution in [2.75, 3.05) is 5.32 Å². The topological polar surface area (TPSA) is 59.8 Å². The SMILES string of the molecule is [2H]c1c([2H])c(C(=O)Nc2cc3cc(-c4cnc(C)n4C)ccc3cn2)c([2H])c([2H])c1Cl. The van der Waals surface area contributed by atoms with Crippen molar-refractivity contribution < 1.29 is 10.3 Å². The Kier molecular flexibility index (Phi) is 3.31. The molecule has 6 heteroatoms. The lowest BCUT2D eigenvalue weighted by atomic mass is 10.1. The first-order valence-electron chi connectivity index (χ1n) is 10.1. The van der Waals surface area contributed by atoms with Crippen LogP contribution in [0.3, 0.4) is 0 Å². The van der Waals surface area contributed by atoms with Gasteiger partial charge in [0.2, 0.25) is 0 Å². The Labute approximate surface area is 167 Å². The highest BCUT2D eigenvalue weighted by Gasteiger charge is 2.09. The van der Waals surface area contributed by atoms with Gasteiger partial charge in [-0.15, -0.1) is 0 Å². The fourth-order valence-electron chi connectivity index (χ4n) is 2.73. The van der Waals surface area contributed by atoms with Crippen molar-refractivity contribution in [2.24, 2.45) is 7.05 Å². The zero-order valence-electron chi connectivity index (χ0n) is 18.6. The molecule has 0 radical (unpaired) electrons. The lowest BCUT2D eigenvalue weighted by Gasteiger charge is -2.08. The van der Waals surface area contributed by atoms with Crippen molar-refractivity contribution in [2.45, 2.75) is 6.92 Å². The van der Waals surface area contributed by atoms with Crippen LogP contribution < -0.4 is 5.32 Å². The van der Waals surface area contributed by atoms with E-state index in [-0.39, 0.29) is 16.4 Å². The van der Waals surface area contributed by atoms with Crippen LogP contribution in [0.5, 0.6) is 0 Å². The Morgan fingerprint density at radius 2 is 1.89 bits per heavy atom. The van der Waals surface area contributed by atoms with Gasteiger partial charge < -0.3 is 9.88 Å². The molecule has 0 aliphatic carbocycles. The lowest BCUT2D eigenvalue weighted by molar-refractivity contribution is 0.102. The molecule has 0 aliphatic rings. The zero-order chi connectivity index (χ0) is 22.4. The Balaban J connectivity index is 1.71. The van der Waals surface area contributed by atoms with E-state index in [9.17, 15) is 4.79 Å². The average molecular weight is 381 g/mol. The second kappa shape index (κ2) is 6.85. The first kappa shape index (κ1) is 13.1. The lowest BCUT2D eigenvalue weighted by Crippen LogP contribution is -2.12. The summed E-state index contributed by atoms with van der Waals surface area (Å²) in [4.78, 5) is 21.3. The van der Waals surface area contributed by atoms with Gasteiger partial charge in [0.05, 0.1) is 17.4 Å². The first-order valence-corrected chi connectivity index (χ1v) is 8.52. The molecule has 0 spiro atoms. The number of halogens is 1. The van der Waals surface area contributed by atoms with Gasteiger partial charge in [0.1, 0.15) is 11.6 Å². The molecule has 134 valence electrons. The second-order valence-electron chi connectivity index (χ2n) is 6.02. The Bertz CT molecular complexity index is 1340. The van der Waals surface area contributed by atoms with E-state index in [1.54, 1.807) is 18.5 Å². The van der Waals surface area contributed by atoms with Crippen LogP contribution in [0, 0.1) is 6.92 Å². The normalized spacial score (nSPS) is 13.0. The van der Waals surface area contributed by atoms with E-state index < -0.39 is 30.1 Å². The molecule has 0 bridgehead atoms. The highest BCUT2D eigenvalue weighted by Crippen LogP contribution is 2.26. The number of nitrogens with one attached hydrogen (secondary N) is 1. The molecule has 1 N–H and O–H groups in total. The number of nitrogens with zero attached hydrogens (tertiary/aromatic N) is 3. The van der Waals surface area contributed by atoms with Crippen LogP contribution in [0.25, 0.3) is 22.0 Å². The minimum atomic E-state index is -0.793. The summed E-state index contributed by atoms with van der Waals surface area (Å²) in [7, 11) is 1.93. The third kappa shape index (κ3) is 3.41. The van der Waals surface area contributed by atoms with Crippen LogP contribution in [0.2, 0.25) is 5.02 Å². The highest BCUT2D eigenvalue weighted by molar-refractivity contribution is 6.30. The molecule has 2 aromatic heterocycles. The molecular formula is C21H17ClN4O. The smallest absolute Gasteiger partial charge is 0.256 e. The van der Waals surface area contributed by atoms with Crippen molar-refractivity contribution in [3.05, 3.63) is 77.2 Å². The maximum atomic E-state index is 12.7. The minimum absolute atomic E-state index is 0.225. The number of rotatable bonds is 3. The van der Waals surface area contributed by atoms with Gasteiger partial charge in [-0.2, -0.15) is 0 Å².